The molecule has 0 saturated heterocycles. The topological polar surface area (TPSA) is 0 Å². The Balaban J connectivity index is 2.47. The largest absolute Gasteiger partial charge is 0.122 e. The maximum absolute atomic E-state index is 2.53. The minimum atomic E-state index is 0.517. The Morgan fingerprint density at radius 1 is 2.00 bits per heavy atom. The number of hydrogen-bond donors (Lipinski definition) is 0. The molecule has 1 aliphatic heterocycles. The van der Waals surface area contributed by atoms with E-state index < -0.39 is 0 Å². The van der Waals surface area contributed by atoms with Gasteiger partial charge in [-0.05, 0) is 9.13 Å². The van der Waals surface area contributed by atoms with Gasteiger partial charge in [0.25, 0.3) is 0 Å². The Labute approximate surface area is 30.5 Å². The smallest absolute Gasteiger partial charge is 0.0397 e. The van der Waals surface area contributed by atoms with Crippen molar-refractivity contribution in [2.75, 3.05) is 0 Å². The van der Waals surface area contributed by atoms with Crippen molar-refractivity contribution < 1.29 is 0 Å². The van der Waals surface area contributed by atoms with E-state index >= 15 is 0 Å². The first-order valence-electron chi connectivity index (χ1n) is 1.65. The van der Waals surface area contributed by atoms with Crippen LogP contribution in [0.5, 0.6) is 0 Å². The van der Waals surface area contributed by atoms with Gasteiger partial charge in [-0.1, -0.05) is 5.67 Å². The quantitative estimate of drug-likeness (QED) is 0.323. The summed E-state index contributed by atoms with van der Waals surface area (Å²) in [4.78, 5) is 0. The zero-order valence-electron chi connectivity index (χ0n) is 2.57. The lowest BCUT2D eigenvalue weighted by Crippen LogP contribution is -2.07. The minimum Gasteiger partial charge on any atom is -0.122 e. The van der Waals surface area contributed by atoms with E-state index in [1.807, 2.05) is 0 Å². The Morgan fingerprint density at radius 2 is 2.25 bits per heavy atom. The van der Waals surface area contributed by atoms with Crippen molar-refractivity contribution in [1.82, 2.24) is 0 Å². The van der Waals surface area contributed by atoms with Crippen LogP contribution in [0.4, 0.5) is 0 Å². The molecule has 0 atom stereocenters. The molecule has 0 aliphatic carbocycles. The van der Waals surface area contributed by atoms with Gasteiger partial charge in [0.15, 0.2) is 0 Å². The van der Waals surface area contributed by atoms with E-state index in [4.69, 9.17) is 0 Å². The average molecular weight is 86.2 g/mol. The first-order chi connectivity index (χ1) is 2.00. The van der Waals surface area contributed by atoms with Crippen molar-refractivity contribution in [3.63, 3.8) is 0 Å². The van der Waals surface area contributed by atoms with Gasteiger partial charge in [-0.2, -0.15) is 0 Å². The molecule has 2 heteroatoms. The molecule has 1 rings (SSSR count). The molecule has 0 N–H and O–H groups in total. The Morgan fingerprint density at radius 3 is 2.25 bits per heavy atom. The molecule has 4 heavy (non-hydrogen) atoms. The van der Waals surface area contributed by atoms with Gasteiger partial charge >= 0.3 is 0 Å². The van der Waals surface area contributed by atoms with Gasteiger partial charge in [0, 0.05) is 9.52 Å². The molecule has 0 bridgehead atoms. The lowest BCUT2D eigenvalue weighted by atomic mass is 11.8. The van der Waals surface area contributed by atoms with Crippen LogP contribution < -0.4 is 0 Å². The Hall–Kier alpha value is 0.304. The fourth-order valence-corrected chi connectivity index (χ4v) is 1.50. The summed E-state index contributed by atoms with van der Waals surface area (Å²) in [5.74, 6) is 0. The summed E-state index contributed by atoms with van der Waals surface area (Å²) >= 11 is 0. The van der Waals surface area contributed by atoms with Crippen molar-refractivity contribution in [1.29, 1.82) is 0 Å². The van der Waals surface area contributed by atoms with Crippen LogP contribution in [0.1, 0.15) is 0 Å². The summed E-state index contributed by atoms with van der Waals surface area (Å²) in [5.41, 5.74) is 1.67. The summed E-state index contributed by atoms with van der Waals surface area (Å²) in [6.45, 7) is 0. The molecule has 0 unspecified atom stereocenters. The summed E-state index contributed by atoms with van der Waals surface area (Å²) < 4.78 is 0. The van der Waals surface area contributed by atoms with Crippen molar-refractivity contribution in [3.8, 4) is 0 Å². The zero-order chi connectivity index (χ0) is 2.83. The summed E-state index contributed by atoms with van der Waals surface area (Å²) in [6.07, 6.45) is 0. The molecule has 0 aromatic carbocycles. The lowest BCUT2D eigenvalue weighted by Gasteiger charge is -1.90. The van der Waals surface area contributed by atoms with Crippen LogP contribution in [-0.4, -0.2) is 23.9 Å². The first kappa shape index (κ1) is 2.54. The molecular weight excluding hydrogens is 80.2 g/mol. The van der Waals surface area contributed by atoms with Gasteiger partial charge in [-0.15, -0.1) is 5.30 Å². The van der Waals surface area contributed by atoms with Crippen molar-refractivity contribution in [2.24, 2.45) is 0 Å². The van der Waals surface area contributed by atoms with E-state index in [1.165, 1.54) is 0 Å². The van der Waals surface area contributed by atoms with Gasteiger partial charge in [0.2, 0.25) is 0 Å². The first-order valence-corrected chi connectivity index (χ1v) is 4.95. The molecule has 0 fully saturated rings. The highest BCUT2D eigenvalue weighted by molar-refractivity contribution is 6.98. The van der Waals surface area contributed by atoms with E-state index in [1.54, 1.807) is 5.67 Å². The average Bonchev–Trinajstić information content (AvgIpc) is 0.722. The van der Waals surface area contributed by atoms with Crippen LogP contribution in [0.15, 0.2) is 0 Å². The van der Waals surface area contributed by atoms with Crippen LogP contribution in [0.2, 0.25) is 5.67 Å². The second kappa shape index (κ2) is 0.947. The van der Waals surface area contributed by atoms with Crippen LogP contribution in [0.3, 0.4) is 0 Å². The van der Waals surface area contributed by atoms with E-state index in [2.05, 4.69) is 5.30 Å². The van der Waals surface area contributed by atoms with Crippen molar-refractivity contribution in [3.05, 3.63) is 0 Å². The third-order valence-electron chi connectivity index (χ3n) is 0.667. The molecule has 0 spiro atoms. The van der Waals surface area contributed by atoms with E-state index in [-0.39, 0.29) is 0 Å². The maximum Gasteiger partial charge on any atom is 0.0397 e. The third kappa shape index (κ3) is 0.211. The molecule has 22 valence electrons. The second-order valence-corrected chi connectivity index (χ2v) is 6.29. The number of rotatable bonds is 0. The molecule has 0 amide bonds. The van der Waals surface area contributed by atoms with Crippen LogP contribution in [-0.2, 0) is 0 Å². The SMILES string of the molecule is C1=[SiH]C[SiH2]1. The molecule has 1 heterocycles. The normalized spacial score (nSPS) is 26.0. The van der Waals surface area contributed by atoms with E-state index in [0.29, 0.717) is 9.52 Å². The fourth-order valence-electron chi connectivity index (χ4n) is 0.167. The monoisotopic (exact) mass is 86.0 g/mol. The predicted molar refractivity (Wildman–Crippen MR) is 26.6 cm³/mol. The van der Waals surface area contributed by atoms with Gasteiger partial charge in [-0.25, -0.2) is 0 Å². The Bertz CT molecular complexity index is 33.3. The molecule has 0 aromatic rings. The Kier molecular flexibility index (Phi) is 0.600. The molecule has 0 radical (unpaired) electrons. The van der Waals surface area contributed by atoms with Crippen LogP contribution in [0.25, 0.3) is 0 Å². The second-order valence-electron chi connectivity index (χ2n) is 1.05. The summed E-state index contributed by atoms with van der Waals surface area (Å²) in [7, 11) is 1.42. The standard InChI is InChI=1S/C2H6Si2/c1-3-2-4-1/h1,3H,2,4H2. The molecule has 0 aromatic heterocycles. The summed E-state index contributed by atoms with van der Waals surface area (Å²) in [5, 5.41) is 2.53. The van der Waals surface area contributed by atoms with Gasteiger partial charge in [-0.3, -0.25) is 0 Å². The molecule has 1 aliphatic rings. The third-order valence-corrected chi connectivity index (χ3v) is 6.00. The van der Waals surface area contributed by atoms with Crippen molar-refractivity contribution >= 4 is 23.9 Å². The van der Waals surface area contributed by atoms with Crippen molar-refractivity contribution in [2.45, 2.75) is 5.67 Å². The van der Waals surface area contributed by atoms with Gasteiger partial charge < -0.3 is 0 Å². The predicted octanol–water partition coefficient (Wildman–Crippen LogP) is -1.26. The summed E-state index contributed by atoms with van der Waals surface area (Å²) in [6, 6.07) is 0. The lowest BCUT2D eigenvalue weighted by molar-refractivity contribution is 2.07. The fraction of sp³-hybridized carbons (Fsp3) is 0.500. The van der Waals surface area contributed by atoms with E-state index in [9.17, 15) is 0 Å². The molecule has 0 saturated carbocycles. The highest BCUT2D eigenvalue weighted by Crippen LogP contribution is 1.71. The van der Waals surface area contributed by atoms with Crippen LogP contribution in [0, 0.1) is 0 Å². The minimum absolute atomic E-state index is 0.517. The molecule has 0 nitrogen and oxygen atoms in total. The highest BCUT2D eigenvalue weighted by atomic mass is 28.3. The highest BCUT2D eigenvalue weighted by Gasteiger charge is 1.83. The van der Waals surface area contributed by atoms with E-state index in [0.717, 1.165) is 9.13 Å². The van der Waals surface area contributed by atoms with Gasteiger partial charge in [0.05, 0.1) is 0 Å². The van der Waals surface area contributed by atoms with Gasteiger partial charge in [0.1, 0.15) is 0 Å². The molecular formula is C2H6Si2. The number of hydrogen-bond acceptors (Lipinski definition) is 0. The zero-order valence-corrected chi connectivity index (χ0v) is 5.14. The van der Waals surface area contributed by atoms with Crippen LogP contribution >= 0.6 is 0 Å². The maximum atomic E-state index is 2.53.